The number of rotatable bonds is 5. The van der Waals surface area contributed by atoms with Gasteiger partial charge in [0.2, 0.25) is 0 Å². The first-order valence-corrected chi connectivity index (χ1v) is 6.59. The van der Waals surface area contributed by atoms with Crippen LogP contribution in [0.25, 0.3) is 11.3 Å². The fourth-order valence-electron chi connectivity index (χ4n) is 2.06. The van der Waals surface area contributed by atoms with Crippen molar-refractivity contribution in [3.63, 3.8) is 0 Å². The van der Waals surface area contributed by atoms with Crippen LogP contribution in [0.4, 0.5) is 0 Å². The Hall–Kier alpha value is -2.49. The molecule has 4 heteroatoms. The molecule has 0 spiro atoms. The highest BCUT2D eigenvalue weighted by atomic mass is 16.5. The molecule has 0 bridgehead atoms. The summed E-state index contributed by atoms with van der Waals surface area (Å²) in [6, 6.07) is 13.7. The number of ether oxygens (including phenoxy) is 1. The number of benzene rings is 1. The lowest BCUT2D eigenvalue weighted by atomic mass is 10.1. The van der Waals surface area contributed by atoms with Crippen LogP contribution in [0, 0.1) is 6.92 Å². The van der Waals surface area contributed by atoms with Crippen LogP contribution in [-0.2, 0) is 6.54 Å². The van der Waals surface area contributed by atoms with E-state index >= 15 is 0 Å². The maximum Gasteiger partial charge on any atom is 0.137 e. The van der Waals surface area contributed by atoms with Crippen molar-refractivity contribution in [2.75, 3.05) is 6.61 Å². The molecule has 0 saturated heterocycles. The molecule has 0 unspecified atom stereocenters. The first-order chi connectivity index (χ1) is 9.83. The van der Waals surface area contributed by atoms with E-state index in [-0.39, 0.29) is 0 Å². The van der Waals surface area contributed by atoms with Crippen LogP contribution >= 0.6 is 0 Å². The number of hydrogen-bond donors (Lipinski definition) is 0. The van der Waals surface area contributed by atoms with Crippen LogP contribution in [0.2, 0.25) is 0 Å². The first kappa shape index (κ1) is 12.5. The fraction of sp³-hybridized carbons (Fsp3) is 0.188. The number of hydrogen-bond acceptors (Lipinski definition) is 3. The fourth-order valence-corrected chi connectivity index (χ4v) is 2.06. The van der Waals surface area contributed by atoms with E-state index in [9.17, 15) is 0 Å². The van der Waals surface area contributed by atoms with Gasteiger partial charge in [-0.25, -0.2) is 0 Å². The molecule has 0 aliphatic heterocycles. The van der Waals surface area contributed by atoms with Gasteiger partial charge in [-0.15, -0.1) is 0 Å². The van der Waals surface area contributed by atoms with Crippen LogP contribution in [0.1, 0.15) is 5.69 Å². The maximum absolute atomic E-state index is 5.85. The highest BCUT2D eigenvalue weighted by molar-refractivity contribution is 5.65. The molecule has 3 aromatic rings. The van der Waals surface area contributed by atoms with E-state index in [4.69, 9.17) is 9.15 Å². The minimum atomic E-state index is 0.568. The van der Waals surface area contributed by atoms with Gasteiger partial charge in [-0.3, -0.25) is 4.68 Å². The van der Waals surface area contributed by atoms with Gasteiger partial charge in [-0.1, -0.05) is 12.1 Å². The Morgan fingerprint density at radius 3 is 2.80 bits per heavy atom. The van der Waals surface area contributed by atoms with Crippen LogP contribution in [0.3, 0.4) is 0 Å². The van der Waals surface area contributed by atoms with Crippen LogP contribution in [0.15, 0.2) is 59.3 Å². The van der Waals surface area contributed by atoms with E-state index in [0.29, 0.717) is 6.61 Å². The lowest BCUT2D eigenvalue weighted by Gasteiger charge is -2.10. The van der Waals surface area contributed by atoms with Crippen molar-refractivity contribution in [1.29, 1.82) is 0 Å². The van der Waals surface area contributed by atoms with E-state index in [1.807, 2.05) is 60.3 Å². The maximum atomic E-state index is 5.85. The average molecular weight is 268 g/mol. The van der Waals surface area contributed by atoms with Crippen molar-refractivity contribution in [1.82, 2.24) is 9.78 Å². The smallest absolute Gasteiger partial charge is 0.137 e. The zero-order valence-corrected chi connectivity index (χ0v) is 11.3. The van der Waals surface area contributed by atoms with Crippen molar-refractivity contribution in [3.05, 3.63) is 60.6 Å². The van der Waals surface area contributed by atoms with E-state index in [1.54, 1.807) is 6.26 Å². The quantitative estimate of drug-likeness (QED) is 0.710. The Balaban J connectivity index is 1.68. The van der Waals surface area contributed by atoms with Crippen molar-refractivity contribution < 1.29 is 9.15 Å². The van der Waals surface area contributed by atoms with Crippen LogP contribution in [-0.4, -0.2) is 16.4 Å². The largest absolute Gasteiger partial charge is 0.491 e. The molecule has 0 saturated carbocycles. The molecule has 20 heavy (non-hydrogen) atoms. The Morgan fingerprint density at radius 1 is 1.15 bits per heavy atom. The summed E-state index contributed by atoms with van der Waals surface area (Å²) >= 11 is 0. The number of aryl methyl sites for hydroxylation is 1. The van der Waals surface area contributed by atoms with Gasteiger partial charge in [0.1, 0.15) is 18.1 Å². The van der Waals surface area contributed by atoms with Crippen molar-refractivity contribution in [3.8, 4) is 17.1 Å². The molecule has 102 valence electrons. The SMILES string of the molecule is Cc1ccn(CCOc2ccccc2-c2ccco2)n1. The molecule has 0 fully saturated rings. The van der Waals surface area contributed by atoms with Gasteiger partial charge in [-0.05, 0) is 37.3 Å². The van der Waals surface area contributed by atoms with E-state index in [2.05, 4.69) is 5.10 Å². The zero-order chi connectivity index (χ0) is 13.8. The Labute approximate surface area is 117 Å². The third-order valence-electron chi connectivity index (χ3n) is 3.03. The summed E-state index contributed by atoms with van der Waals surface area (Å²) in [5.74, 6) is 1.64. The third kappa shape index (κ3) is 2.74. The predicted octanol–water partition coefficient (Wildman–Crippen LogP) is 3.53. The van der Waals surface area contributed by atoms with Crippen LogP contribution < -0.4 is 4.74 Å². The molecule has 0 radical (unpaired) electrons. The van der Waals surface area contributed by atoms with Crippen molar-refractivity contribution in [2.45, 2.75) is 13.5 Å². The number of furan rings is 1. The minimum absolute atomic E-state index is 0.568. The molecule has 0 atom stereocenters. The molecule has 0 aliphatic carbocycles. The standard InChI is InChI=1S/C16H16N2O2/c1-13-8-9-18(17-13)10-12-20-15-6-3-2-5-14(15)16-7-4-11-19-16/h2-9,11H,10,12H2,1H3. The van der Waals surface area contributed by atoms with Gasteiger partial charge in [0.05, 0.1) is 24.1 Å². The molecule has 3 rings (SSSR count). The van der Waals surface area contributed by atoms with E-state index in [0.717, 1.165) is 29.3 Å². The van der Waals surface area contributed by atoms with Gasteiger partial charge in [0.25, 0.3) is 0 Å². The number of para-hydroxylation sites is 1. The van der Waals surface area contributed by atoms with Crippen molar-refractivity contribution >= 4 is 0 Å². The molecule has 1 aromatic carbocycles. The summed E-state index contributed by atoms with van der Waals surface area (Å²) in [5.41, 5.74) is 1.98. The second-order valence-corrected chi connectivity index (χ2v) is 4.54. The normalized spacial score (nSPS) is 10.7. The topological polar surface area (TPSA) is 40.2 Å². The molecule has 0 amide bonds. The van der Waals surface area contributed by atoms with Gasteiger partial charge in [0.15, 0.2) is 0 Å². The second kappa shape index (κ2) is 5.65. The third-order valence-corrected chi connectivity index (χ3v) is 3.03. The second-order valence-electron chi connectivity index (χ2n) is 4.54. The van der Waals surface area contributed by atoms with Gasteiger partial charge in [-0.2, -0.15) is 5.10 Å². The van der Waals surface area contributed by atoms with Crippen molar-refractivity contribution in [2.24, 2.45) is 0 Å². The van der Waals surface area contributed by atoms with Gasteiger partial charge in [0, 0.05) is 6.20 Å². The Bertz CT molecular complexity index is 671. The Morgan fingerprint density at radius 2 is 2.05 bits per heavy atom. The summed E-state index contributed by atoms with van der Waals surface area (Å²) in [6.07, 6.45) is 3.62. The lowest BCUT2D eigenvalue weighted by molar-refractivity contribution is 0.291. The summed E-state index contributed by atoms with van der Waals surface area (Å²) in [5, 5.41) is 4.33. The minimum Gasteiger partial charge on any atom is -0.491 e. The molecule has 2 aromatic heterocycles. The first-order valence-electron chi connectivity index (χ1n) is 6.59. The molecule has 0 aliphatic rings. The number of nitrogens with zero attached hydrogens (tertiary/aromatic N) is 2. The highest BCUT2D eigenvalue weighted by Crippen LogP contribution is 2.29. The summed E-state index contributed by atoms with van der Waals surface area (Å²) in [6.45, 7) is 3.27. The Kier molecular flexibility index (Phi) is 3.54. The van der Waals surface area contributed by atoms with E-state index in [1.165, 1.54) is 0 Å². The monoisotopic (exact) mass is 268 g/mol. The summed E-state index contributed by atoms with van der Waals surface area (Å²) in [4.78, 5) is 0. The predicted molar refractivity (Wildman–Crippen MR) is 76.6 cm³/mol. The molecule has 2 heterocycles. The summed E-state index contributed by atoms with van der Waals surface area (Å²) < 4.78 is 13.2. The average Bonchev–Trinajstić information content (AvgIpc) is 3.11. The number of aromatic nitrogens is 2. The van der Waals surface area contributed by atoms with Gasteiger partial charge >= 0.3 is 0 Å². The molecule has 0 N–H and O–H groups in total. The summed E-state index contributed by atoms with van der Waals surface area (Å²) in [7, 11) is 0. The van der Waals surface area contributed by atoms with Gasteiger partial charge < -0.3 is 9.15 Å². The molecular weight excluding hydrogens is 252 g/mol. The molecule has 4 nitrogen and oxygen atoms in total. The zero-order valence-electron chi connectivity index (χ0n) is 11.3. The van der Waals surface area contributed by atoms with Crippen LogP contribution in [0.5, 0.6) is 5.75 Å². The van der Waals surface area contributed by atoms with E-state index < -0.39 is 0 Å². The highest BCUT2D eigenvalue weighted by Gasteiger charge is 2.07. The lowest BCUT2D eigenvalue weighted by Crippen LogP contribution is -2.09. The molecular formula is C16H16N2O2.